The Hall–Kier alpha value is -2.10. The summed E-state index contributed by atoms with van der Waals surface area (Å²) < 4.78 is 1.78. The Bertz CT molecular complexity index is 627. The molecule has 0 fully saturated rings. The number of aryl methyl sites for hydroxylation is 2. The van der Waals surface area contributed by atoms with Gasteiger partial charge in [0.25, 0.3) is 0 Å². The van der Waals surface area contributed by atoms with Crippen LogP contribution in [0.3, 0.4) is 0 Å². The van der Waals surface area contributed by atoms with Gasteiger partial charge in [-0.05, 0) is 33.3 Å². The van der Waals surface area contributed by atoms with E-state index in [1.54, 1.807) is 4.68 Å². The number of rotatable bonds is 3. The Morgan fingerprint density at radius 2 is 1.80 bits per heavy atom. The third-order valence-corrected chi connectivity index (χ3v) is 3.81. The fourth-order valence-corrected chi connectivity index (χ4v) is 2.21. The molecule has 1 N–H and O–H groups in total. The number of carbonyl (C=O) groups excluding carboxylic acids is 1. The number of nitrogens with one attached hydrogen (secondary N) is 1. The van der Waals surface area contributed by atoms with E-state index in [1.165, 1.54) is 0 Å². The van der Waals surface area contributed by atoms with Crippen molar-refractivity contribution in [1.29, 1.82) is 0 Å². The van der Waals surface area contributed by atoms with E-state index in [-0.39, 0.29) is 5.91 Å². The number of amides is 1. The van der Waals surface area contributed by atoms with Gasteiger partial charge in [-0.1, -0.05) is 30.3 Å². The quantitative estimate of drug-likeness (QED) is 0.933. The van der Waals surface area contributed by atoms with E-state index in [0.717, 1.165) is 22.6 Å². The first-order valence-electron chi connectivity index (χ1n) is 6.71. The molecule has 2 rings (SSSR count). The molecule has 1 amide bonds. The zero-order valence-electron chi connectivity index (χ0n) is 12.7. The second kappa shape index (κ2) is 5.12. The van der Waals surface area contributed by atoms with E-state index in [0.29, 0.717) is 0 Å². The van der Waals surface area contributed by atoms with Crippen LogP contribution in [-0.4, -0.2) is 15.7 Å². The number of benzene rings is 1. The molecule has 106 valence electrons. The highest BCUT2D eigenvalue weighted by Crippen LogP contribution is 2.26. The van der Waals surface area contributed by atoms with Crippen molar-refractivity contribution in [3.63, 3.8) is 0 Å². The molecule has 4 nitrogen and oxygen atoms in total. The molecule has 0 radical (unpaired) electrons. The molecule has 0 aliphatic heterocycles. The van der Waals surface area contributed by atoms with Crippen molar-refractivity contribution in [3.8, 4) is 0 Å². The van der Waals surface area contributed by atoms with E-state index in [4.69, 9.17) is 0 Å². The van der Waals surface area contributed by atoms with Gasteiger partial charge in [0.1, 0.15) is 0 Å². The van der Waals surface area contributed by atoms with Crippen molar-refractivity contribution in [2.45, 2.75) is 33.1 Å². The minimum atomic E-state index is -0.587. The molecular formula is C16H21N3O. The van der Waals surface area contributed by atoms with Crippen LogP contribution < -0.4 is 5.32 Å². The average molecular weight is 271 g/mol. The van der Waals surface area contributed by atoms with E-state index in [1.807, 2.05) is 65.1 Å². The van der Waals surface area contributed by atoms with Crippen molar-refractivity contribution in [3.05, 3.63) is 47.3 Å². The topological polar surface area (TPSA) is 46.9 Å². The summed E-state index contributed by atoms with van der Waals surface area (Å²) in [5.41, 5.74) is 3.01. The fraction of sp³-hybridized carbons (Fsp3) is 0.375. The lowest BCUT2D eigenvalue weighted by Gasteiger charge is -2.24. The third kappa shape index (κ3) is 2.46. The number of hydrogen-bond acceptors (Lipinski definition) is 2. The van der Waals surface area contributed by atoms with Gasteiger partial charge in [0.15, 0.2) is 0 Å². The van der Waals surface area contributed by atoms with Crippen LogP contribution in [0.2, 0.25) is 0 Å². The molecule has 0 saturated heterocycles. The summed E-state index contributed by atoms with van der Waals surface area (Å²) in [6, 6.07) is 9.80. The summed E-state index contributed by atoms with van der Waals surface area (Å²) in [7, 11) is 1.88. The standard InChI is InChI=1S/C16H21N3O/c1-11-14(12(2)19(5)18-11)17-15(20)16(3,4)13-9-7-6-8-10-13/h6-10H,1-5H3,(H,17,20). The van der Waals surface area contributed by atoms with Crippen LogP contribution in [0.5, 0.6) is 0 Å². The first-order valence-corrected chi connectivity index (χ1v) is 6.71. The molecule has 0 aliphatic rings. The SMILES string of the molecule is Cc1nn(C)c(C)c1NC(=O)C(C)(C)c1ccccc1. The summed E-state index contributed by atoms with van der Waals surface area (Å²) in [5.74, 6) is -0.0251. The zero-order valence-corrected chi connectivity index (χ0v) is 12.7. The second-order valence-corrected chi connectivity index (χ2v) is 5.61. The van der Waals surface area contributed by atoms with Gasteiger partial charge >= 0.3 is 0 Å². The Kier molecular flexibility index (Phi) is 3.66. The smallest absolute Gasteiger partial charge is 0.234 e. The summed E-state index contributed by atoms with van der Waals surface area (Å²) in [6.45, 7) is 7.71. The van der Waals surface area contributed by atoms with Crippen LogP contribution in [-0.2, 0) is 17.3 Å². The van der Waals surface area contributed by atoms with Crippen LogP contribution in [0.1, 0.15) is 30.8 Å². The first-order chi connectivity index (χ1) is 9.34. The Morgan fingerprint density at radius 1 is 1.20 bits per heavy atom. The number of aromatic nitrogens is 2. The van der Waals surface area contributed by atoms with E-state index in [9.17, 15) is 4.79 Å². The molecule has 0 unspecified atom stereocenters. The molecular weight excluding hydrogens is 250 g/mol. The second-order valence-electron chi connectivity index (χ2n) is 5.61. The Morgan fingerprint density at radius 3 is 2.30 bits per heavy atom. The van der Waals surface area contributed by atoms with E-state index >= 15 is 0 Å². The molecule has 0 aliphatic carbocycles. The van der Waals surface area contributed by atoms with E-state index < -0.39 is 5.41 Å². The van der Waals surface area contributed by atoms with Crippen molar-refractivity contribution in [2.75, 3.05) is 5.32 Å². The van der Waals surface area contributed by atoms with Crippen molar-refractivity contribution >= 4 is 11.6 Å². The number of anilines is 1. The Labute approximate surface area is 119 Å². The molecule has 0 atom stereocenters. The zero-order chi connectivity index (χ0) is 14.9. The van der Waals surface area contributed by atoms with Crippen LogP contribution in [0.15, 0.2) is 30.3 Å². The largest absolute Gasteiger partial charge is 0.322 e. The monoisotopic (exact) mass is 271 g/mol. The highest BCUT2D eigenvalue weighted by molar-refractivity contribution is 5.99. The van der Waals surface area contributed by atoms with Gasteiger partial charge in [-0.2, -0.15) is 5.10 Å². The number of hydrogen-bond donors (Lipinski definition) is 1. The maximum absolute atomic E-state index is 12.6. The lowest BCUT2D eigenvalue weighted by Crippen LogP contribution is -2.35. The van der Waals surface area contributed by atoms with Gasteiger partial charge < -0.3 is 5.32 Å². The van der Waals surface area contributed by atoms with Crippen molar-refractivity contribution in [1.82, 2.24) is 9.78 Å². The average Bonchev–Trinajstić information content (AvgIpc) is 2.66. The minimum absolute atomic E-state index is 0.0251. The summed E-state index contributed by atoms with van der Waals surface area (Å²) in [6.07, 6.45) is 0. The van der Waals surface area contributed by atoms with Gasteiger partial charge in [-0.15, -0.1) is 0 Å². The Balaban J connectivity index is 2.28. The van der Waals surface area contributed by atoms with Gasteiger partial charge in [0.2, 0.25) is 5.91 Å². The summed E-state index contributed by atoms with van der Waals surface area (Å²) in [5, 5.41) is 7.34. The first kappa shape index (κ1) is 14.3. The van der Waals surface area contributed by atoms with Gasteiger partial charge in [-0.25, -0.2) is 0 Å². The minimum Gasteiger partial charge on any atom is -0.322 e. The van der Waals surface area contributed by atoms with Gasteiger partial charge in [0, 0.05) is 7.05 Å². The molecule has 0 bridgehead atoms. The fourth-order valence-electron chi connectivity index (χ4n) is 2.21. The highest BCUT2D eigenvalue weighted by Gasteiger charge is 2.30. The number of carbonyl (C=O) groups is 1. The van der Waals surface area contributed by atoms with Gasteiger partial charge in [0.05, 0.1) is 22.5 Å². The third-order valence-electron chi connectivity index (χ3n) is 3.81. The lowest BCUT2D eigenvalue weighted by atomic mass is 9.83. The lowest BCUT2D eigenvalue weighted by molar-refractivity contribution is -0.120. The molecule has 1 heterocycles. The molecule has 1 aromatic carbocycles. The highest BCUT2D eigenvalue weighted by atomic mass is 16.2. The normalized spacial score (nSPS) is 11.4. The molecule has 4 heteroatoms. The van der Waals surface area contributed by atoms with E-state index in [2.05, 4.69) is 10.4 Å². The molecule has 0 saturated carbocycles. The molecule has 2 aromatic rings. The molecule has 0 spiro atoms. The summed E-state index contributed by atoms with van der Waals surface area (Å²) >= 11 is 0. The van der Waals surface area contributed by atoms with Crippen molar-refractivity contribution < 1.29 is 4.79 Å². The predicted octanol–water partition coefficient (Wildman–Crippen LogP) is 2.95. The van der Waals surface area contributed by atoms with Crippen LogP contribution in [0, 0.1) is 13.8 Å². The summed E-state index contributed by atoms with van der Waals surface area (Å²) in [4.78, 5) is 12.6. The van der Waals surface area contributed by atoms with Crippen molar-refractivity contribution in [2.24, 2.45) is 7.05 Å². The van der Waals surface area contributed by atoms with Crippen LogP contribution >= 0.6 is 0 Å². The van der Waals surface area contributed by atoms with Crippen LogP contribution in [0.4, 0.5) is 5.69 Å². The maximum Gasteiger partial charge on any atom is 0.234 e. The maximum atomic E-state index is 12.6. The number of nitrogens with zero attached hydrogens (tertiary/aromatic N) is 2. The van der Waals surface area contributed by atoms with Crippen LogP contribution in [0.25, 0.3) is 0 Å². The van der Waals surface area contributed by atoms with Gasteiger partial charge in [-0.3, -0.25) is 9.48 Å². The molecule has 1 aromatic heterocycles. The molecule has 20 heavy (non-hydrogen) atoms. The predicted molar refractivity (Wildman–Crippen MR) is 80.8 cm³/mol.